The van der Waals surface area contributed by atoms with Gasteiger partial charge in [-0.15, -0.1) is 0 Å². The zero-order chi connectivity index (χ0) is 26.4. The average Bonchev–Trinajstić information content (AvgIpc) is 3.15. The molecule has 0 bridgehead atoms. The lowest BCUT2D eigenvalue weighted by Crippen LogP contribution is -2.51. The molecule has 0 aliphatic heterocycles. The lowest BCUT2D eigenvalue weighted by atomic mass is 9.91. The van der Waals surface area contributed by atoms with Crippen LogP contribution in [0.4, 0.5) is 0 Å². The lowest BCUT2D eigenvalue weighted by molar-refractivity contribution is -0.145. The van der Waals surface area contributed by atoms with Crippen LogP contribution in [0.1, 0.15) is 73.1 Å². The number of hydrogen-bond acceptors (Lipinski definition) is 3. The Kier molecular flexibility index (Phi) is 9.59. The fourth-order valence-corrected chi connectivity index (χ4v) is 4.09. The molecule has 0 unspecified atom stereocenters. The van der Waals surface area contributed by atoms with E-state index in [0.29, 0.717) is 26.1 Å². The average molecular weight is 484 g/mol. The Balaban J connectivity index is 2.24. The zero-order valence-corrected chi connectivity index (χ0v) is 23.2. The molecule has 0 saturated carbocycles. The van der Waals surface area contributed by atoms with Crippen molar-refractivity contribution < 1.29 is 14.3 Å². The van der Waals surface area contributed by atoms with Crippen LogP contribution in [0, 0.1) is 11.3 Å². The van der Waals surface area contributed by atoms with Crippen LogP contribution in [0.2, 0.25) is 0 Å². The number of aromatic nitrogens is 1. The topological polar surface area (TPSA) is 54.8 Å². The van der Waals surface area contributed by atoms with Crippen molar-refractivity contribution >= 4 is 11.8 Å². The molecule has 1 aromatic heterocycles. The first kappa shape index (κ1) is 28.5. The van der Waals surface area contributed by atoms with Crippen molar-refractivity contribution in [1.82, 2.24) is 14.4 Å². The van der Waals surface area contributed by atoms with Gasteiger partial charge in [0.1, 0.15) is 5.75 Å². The van der Waals surface area contributed by atoms with Crippen LogP contribution in [0.3, 0.4) is 0 Å². The van der Waals surface area contributed by atoms with Crippen molar-refractivity contribution in [3.05, 3.63) is 53.9 Å². The molecule has 0 N–H and O–H groups in total. The summed E-state index contributed by atoms with van der Waals surface area (Å²) in [7, 11) is 1.67. The van der Waals surface area contributed by atoms with Crippen molar-refractivity contribution in [3.8, 4) is 5.75 Å². The maximum absolute atomic E-state index is 13.6. The molecule has 0 aliphatic rings. The number of nitrogens with zero attached hydrogens (tertiary/aromatic N) is 3. The van der Waals surface area contributed by atoms with Gasteiger partial charge in [-0.2, -0.15) is 0 Å². The second-order valence-corrected chi connectivity index (χ2v) is 12.0. The number of rotatable bonds is 10. The highest BCUT2D eigenvalue weighted by Gasteiger charge is 2.31. The molecule has 35 heavy (non-hydrogen) atoms. The smallest absolute Gasteiger partial charge is 0.242 e. The van der Waals surface area contributed by atoms with Gasteiger partial charge in [0.25, 0.3) is 0 Å². The molecule has 194 valence electrons. The Bertz CT molecular complexity index is 980. The zero-order valence-electron chi connectivity index (χ0n) is 23.2. The SMILES string of the molecule is COc1cccc(Cn2cccc2CN(C(=O)CN(CC(C)C)C(=O)CC(C)(C)C)C(C)(C)C)c1. The first-order valence-corrected chi connectivity index (χ1v) is 12.5. The molecule has 0 aliphatic carbocycles. The number of hydrogen-bond donors (Lipinski definition) is 0. The maximum atomic E-state index is 13.6. The Labute approximate surface area is 212 Å². The van der Waals surface area contributed by atoms with E-state index in [-0.39, 0.29) is 29.7 Å². The molecular weight excluding hydrogens is 438 g/mol. The van der Waals surface area contributed by atoms with Gasteiger partial charge in [-0.1, -0.05) is 46.8 Å². The number of ether oxygens (including phenoxy) is 1. The van der Waals surface area contributed by atoms with Crippen molar-refractivity contribution in [1.29, 1.82) is 0 Å². The Morgan fingerprint density at radius 2 is 1.69 bits per heavy atom. The summed E-state index contributed by atoms with van der Waals surface area (Å²) in [6.07, 6.45) is 2.46. The van der Waals surface area contributed by atoms with Crippen LogP contribution < -0.4 is 4.74 Å². The van der Waals surface area contributed by atoms with Gasteiger partial charge < -0.3 is 19.1 Å². The quantitative estimate of drug-likeness (QED) is 0.442. The largest absolute Gasteiger partial charge is 0.497 e. The molecule has 2 rings (SSSR count). The van der Waals surface area contributed by atoms with Crippen LogP contribution in [0.5, 0.6) is 5.75 Å². The number of carbonyl (C=O) groups is 2. The minimum atomic E-state index is -0.390. The van der Waals surface area contributed by atoms with Gasteiger partial charge in [0, 0.05) is 36.9 Å². The summed E-state index contributed by atoms with van der Waals surface area (Å²) in [6.45, 7) is 18.3. The summed E-state index contributed by atoms with van der Waals surface area (Å²) in [5.74, 6) is 1.12. The summed E-state index contributed by atoms with van der Waals surface area (Å²) in [6, 6.07) is 12.1. The molecular formula is C29H45N3O3. The molecule has 2 amide bonds. The number of carbonyl (C=O) groups excluding carboxylic acids is 2. The first-order chi connectivity index (χ1) is 16.2. The minimum absolute atomic E-state index is 0.0328. The van der Waals surface area contributed by atoms with E-state index in [1.807, 2.05) is 56.1 Å². The van der Waals surface area contributed by atoms with Crippen molar-refractivity contribution in [3.63, 3.8) is 0 Å². The highest BCUT2D eigenvalue weighted by atomic mass is 16.5. The van der Waals surface area contributed by atoms with Gasteiger partial charge in [0.05, 0.1) is 20.2 Å². The molecule has 0 saturated heterocycles. The normalized spacial score (nSPS) is 12.1. The lowest BCUT2D eigenvalue weighted by Gasteiger charge is -2.38. The molecule has 6 heteroatoms. The van der Waals surface area contributed by atoms with E-state index < -0.39 is 5.54 Å². The third-order valence-corrected chi connectivity index (χ3v) is 5.79. The second kappa shape index (κ2) is 11.8. The monoisotopic (exact) mass is 483 g/mol. The highest BCUT2D eigenvalue weighted by Crippen LogP contribution is 2.23. The van der Waals surface area contributed by atoms with E-state index in [4.69, 9.17) is 4.74 Å². The van der Waals surface area contributed by atoms with Gasteiger partial charge in [0.2, 0.25) is 11.8 Å². The van der Waals surface area contributed by atoms with Crippen LogP contribution in [-0.4, -0.2) is 51.9 Å². The van der Waals surface area contributed by atoms with Crippen molar-refractivity contribution in [2.75, 3.05) is 20.2 Å². The molecule has 0 atom stereocenters. The van der Waals surface area contributed by atoms with E-state index >= 15 is 0 Å². The predicted molar refractivity (Wildman–Crippen MR) is 142 cm³/mol. The molecule has 1 heterocycles. The van der Waals surface area contributed by atoms with Gasteiger partial charge in [-0.25, -0.2) is 0 Å². The predicted octanol–water partition coefficient (Wildman–Crippen LogP) is 5.59. The summed E-state index contributed by atoms with van der Waals surface area (Å²) >= 11 is 0. The molecule has 0 radical (unpaired) electrons. The Morgan fingerprint density at radius 3 is 2.26 bits per heavy atom. The van der Waals surface area contributed by atoms with Crippen LogP contribution in [-0.2, 0) is 22.7 Å². The summed E-state index contributed by atoms with van der Waals surface area (Å²) < 4.78 is 7.53. The van der Waals surface area contributed by atoms with Crippen LogP contribution >= 0.6 is 0 Å². The Morgan fingerprint density at radius 1 is 1.00 bits per heavy atom. The maximum Gasteiger partial charge on any atom is 0.242 e. The molecule has 1 aromatic carbocycles. The summed E-state index contributed by atoms with van der Waals surface area (Å²) in [4.78, 5) is 30.3. The van der Waals surface area contributed by atoms with Crippen molar-refractivity contribution in [2.45, 2.75) is 80.4 Å². The van der Waals surface area contributed by atoms with Crippen LogP contribution in [0.15, 0.2) is 42.6 Å². The van der Waals surface area contributed by atoms with E-state index in [2.05, 4.69) is 51.3 Å². The fraction of sp³-hybridized carbons (Fsp3) is 0.586. The standard InChI is InChI=1S/C29H45N3O3/c1-22(2)18-31(26(33)17-28(3,4)5)21-27(34)32(29(6,7)8)20-24-13-11-15-30(24)19-23-12-10-14-25(16-23)35-9/h10-16,22H,17-21H2,1-9H3. The third kappa shape index (κ3) is 9.08. The third-order valence-electron chi connectivity index (χ3n) is 5.79. The van der Waals surface area contributed by atoms with Gasteiger partial charge in [0.15, 0.2) is 0 Å². The first-order valence-electron chi connectivity index (χ1n) is 12.5. The fourth-order valence-electron chi connectivity index (χ4n) is 4.09. The van der Waals surface area contributed by atoms with Crippen molar-refractivity contribution in [2.24, 2.45) is 11.3 Å². The number of methoxy groups -OCH3 is 1. The number of amides is 2. The molecule has 2 aromatic rings. The molecule has 6 nitrogen and oxygen atoms in total. The summed E-state index contributed by atoms with van der Waals surface area (Å²) in [5.41, 5.74) is 1.66. The van der Waals surface area contributed by atoms with E-state index in [9.17, 15) is 9.59 Å². The summed E-state index contributed by atoms with van der Waals surface area (Å²) in [5, 5.41) is 0. The van der Waals surface area contributed by atoms with E-state index in [1.165, 1.54) is 0 Å². The molecule has 0 fully saturated rings. The van der Waals surface area contributed by atoms with E-state index in [0.717, 1.165) is 17.0 Å². The number of benzene rings is 1. The van der Waals surface area contributed by atoms with Crippen LogP contribution in [0.25, 0.3) is 0 Å². The van der Waals surface area contributed by atoms with E-state index in [1.54, 1.807) is 12.0 Å². The highest BCUT2D eigenvalue weighted by molar-refractivity contribution is 5.85. The van der Waals surface area contributed by atoms with Gasteiger partial charge in [-0.05, 0) is 61.9 Å². The molecule has 0 spiro atoms. The van der Waals surface area contributed by atoms with Gasteiger partial charge >= 0.3 is 0 Å². The second-order valence-electron chi connectivity index (χ2n) is 12.0. The van der Waals surface area contributed by atoms with Gasteiger partial charge in [-0.3, -0.25) is 9.59 Å². The minimum Gasteiger partial charge on any atom is -0.497 e. The Hall–Kier alpha value is -2.76.